The minimum Gasteiger partial charge on any atom is -0.388 e. The zero-order valence-electron chi connectivity index (χ0n) is 14.0. The number of nitrogens with zero attached hydrogens (tertiary/aromatic N) is 1. The second kappa shape index (κ2) is 7.59. The zero-order chi connectivity index (χ0) is 16.9. The molecular weight excluding hydrogens is 292 g/mol. The highest BCUT2D eigenvalue weighted by Gasteiger charge is 2.23. The summed E-state index contributed by atoms with van der Waals surface area (Å²) in [5.74, 6) is 0.0595. The summed E-state index contributed by atoms with van der Waals surface area (Å²) in [4.78, 5) is 25.5. The summed E-state index contributed by atoms with van der Waals surface area (Å²) in [6.07, 6.45) is 3.02. The predicted octanol–water partition coefficient (Wildman–Crippen LogP) is 2.02. The Labute approximate surface area is 137 Å². The molecule has 0 saturated carbocycles. The molecule has 1 aromatic carbocycles. The van der Waals surface area contributed by atoms with Crippen LogP contribution in [-0.4, -0.2) is 35.6 Å². The van der Waals surface area contributed by atoms with Gasteiger partial charge in [0.1, 0.15) is 0 Å². The van der Waals surface area contributed by atoms with Crippen molar-refractivity contribution in [1.82, 2.24) is 5.32 Å². The topological polar surface area (TPSA) is 69.6 Å². The number of amides is 2. The summed E-state index contributed by atoms with van der Waals surface area (Å²) in [6.45, 7) is 4.87. The second-order valence-electron chi connectivity index (χ2n) is 6.20. The molecule has 0 aliphatic carbocycles. The quantitative estimate of drug-likeness (QED) is 0.808. The first-order valence-corrected chi connectivity index (χ1v) is 8.36. The van der Waals surface area contributed by atoms with Crippen LogP contribution in [0, 0.1) is 0 Å². The van der Waals surface area contributed by atoms with E-state index in [4.69, 9.17) is 0 Å². The Kier molecular flexibility index (Phi) is 5.77. The first-order chi connectivity index (χ1) is 11.0. The Morgan fingerprint density at radius 2 is 1.91 bits per heavy atom. The van der Waals surface area contributed by atoms with Crippen LogP contribution in [0.15, 0.2) is 24.3 Å². The van der Waals surface area contributed by atoms with Crippen molar-refractivity contribution < 1.29 is 14.7 Å². The fourth-order valence-corrected chi connectivity index (χ4v) is 2.73. The maximum atomic E-state index is 12.0. The van der Waals surface area contributed by atoms with E-state index >= 15 is 0 Å². The molecule has 0 aromatic heterocycles. The number of carbonyl (C=O) groups is 2. The van der Waals surface area contributed by atoms with Gasteiger partial charge in [0.2, 0.25) is 11.8 Å². The van der Waals surface area contributed by atoms with Crippen LogP contribution >= 0.6 is 0 Å². The van der Waals surface area contributed by atoms with Crippen molar-refractivity contribution in [2.24, 2.45) is 0 Å². The number of anilines is 1. The number of hydrogen-bond acceptors (Lipinski definition) is 3. The molecule has 0 unspecified atom stereocenters. The van der Waals surface area contributed by atoms with Crippen molar-refractivity contribution in [3.8, 4) is 0 Å². The molecule has 1 aliphatic heterocycles. The molecule has 126 valence electrons. The van der Waals surface area contributed by atoms with Gasteiger partial charge < -0.3 is 15.3 Å². The van der Waals surface area contributed by atoms with Crippen LogP contribution < -0.4 is 10.2 Å². The Bertz CT molecular complexity index is 550. The number of rotatable bonds is 7. The molecule has 2 N–H and O–H groups in total. The fraction of sp³-hybridized carbons (Fsp3) is 0.556. The van der Waals surface area contributed by atoms with Crippen molar-refractivity contribution in [1.29, 1.82) is 0 Å². The van der Waals surface area contributed by atoms with Crippen LogP contribution in [-0.2, 0) is 16.0 Å². The molecule has 23 heavy (non-hydrogen) atoms. The monoisotopic (exact) mass is 318 g/mol. The van der Waals surface area contributed by atoms with Gasteiger partial charge in [-0.25, -0.2) is 0 Å². The molecular formula is C18H26N2O3. The van der Waals surface area contributed by atoms with Crippen molar-refractivity contribution in [2.75, 3.05) is 18.0 Å². The summed E-state index contributed by atoms with van der Waals surface area (Å²) in [6, 6.07) is 7.54. The Balaban J connectivity index is 1.88. The lowest BCUT2D eigenvalue weighted by atomic mass is 9.97. The van der Waals surface area contributed by atoms with Gasteiger partial charge in [0.15, 0.2) is 0 Å². The maximum Gasteiger partial charge on any atom is 0.227 e. The van der Waals surface area contributed by atoms with Gasteiger partial charge >= 0.3 is 0 Å². The number of carbonyl (C=O) groups excluding carboxylic acids is 2. The molecule has 5 nitrogen and oxygen atoms in total. The van der Waals surface area contributed by atoms with Crippen LogP contribution in [0.2, 0.25) is 0 Å². The van der Waals surface area contributed by atoms with Crippen LogP contribution in [0.5, 0.6) is 0 Å². The Hall–Kier alpha value is -1.88. The summed E-state index contributed by atoms with van der Waals surface area (Å²) in [5, 5.41) is 13.0. The minimum absolute atomic E-state index is 0.102. The average Bonchev–Trinajstić information content (AvgIpc) is 2.99. The van der Waals surface area contributed by atoms with Gasteiger partial charge in [-0.05, 0) is 37.0 Å². The van der Waals surface area contributed by atoms with E-state index in [0.717, 1.165) is 24.2 Å². The SMILES string of the molecule is CCC(O)(CC)CNC(=O)Cc1ccc(N2CCCC2=O)cc1. The van der Waals surface area contributed by atoms with E-state index in [1.807, 2.05) is 38.1 Å². The summed E-state index contributed by atoms with van der Waals surface area (Å²) >= 11 is 0. The second-order valence-corrected chi connectivity index (χ2v) is 6.20. The Morgan fingerprint density at radius 1 is 1.26 bits per heavy atom. The van der Waals surface area contributed by atoms with E-state index < -0.39 is 5.60 Å². The van der Waals surface area contributed by atoms with Crippen molar-refractivity contribution in [3.63, 3.8) is 0 Å². The van der Waals surface area contributed by atoms with Gasteiger partial charge in [0.25, 0.3) is 0 Å². The van der Waals surface area contributed by atoms with E-state index in [1.165, 1.54) is 0 Å². The van der Waals surface area contributed by atoms with Gasteiger partial charge in [-0.15, -0.1) is 0 Å². The third kappa shape index (κ3) is 4.55. The van der Waals surface area contributed by atoms with E-state index in [9.17, 15) is 14.7 Å². The highest BCUT2D eigenvalue weighted by molar-refractivity contribution is 5.95. The van der Waals surface area contributed by atoms with Gasteiger partial charge in [-0.2, -0.15) is 0 Å². The number of benzene rings is 1. The van der Waals surface area contributed by atoms with E-state index in [0.29, 0.717) is 19.3 Å². The molecule has 2 rings (SSSR count). The highest BCUT2D eigenvalue weighted by atomic mass is 16.3. The molecule has 0 atom stereocenters. The lowest BCUT2D eigenvalue weighted by Gasteiger charge is -2.25. The molecule has 1 aliphatic rings. The van der Waals surface area contributed by atoms with E-state index in [2.05, 4.69) is 5.32 Å². The smallest absolute Gasteiger partial charge is 0.227 e. The molecule has 1 fully saturated rings. The Morgan fingerprint density at radius 3 is 2.43 bits per heavy atom. The van der Waals surface area contributed by atoms with Crippen molar-refractivity contribution >= 4 is 17.5 Å². The first-order valence-electron chi connectivity index (χ1n) is 8.36. The number of aliphatic hydroxyl groups is 1. The van der Waals surface area contributed by atoms with E-state index in [-0.39, 0.29) is 24.8 Å². The minimum atomic E-state index is -0.824. The van der Waals surface area contributed by atoms with E-state index in [1.54, 1.807) is 4.90 Å². The number of hydrogen-bond donors (Lipinski definition) is 2. The maximum absolute atomic E-state index is 12.0. The van der Waals surface area contributed by atoms with Crippen LogP contribution in [0.1, 0.15) is 45.1 Å². The molecule has 2 amide bonds. The largest absolute Gasteiger partial charge is 0.388 e. The third-order valence-corrected chi connectivity index (χ3v) is 4.62. The molecule has 0 spiro atoms. The molecule has 5 heteroatoms. The predicted molar refractivity (Wildman–Crippen MR) is 90.3 cm³/mol. The van der Waals surface area contributed by atoms with Crippen molar-refractivity contribution in [2.45, 2.75) is 51.6 Å². The number of nitrogens with one attached hydrogen (secondary N) is 1. The average molecular weight is 318 g/mol. The van der Waals surface area contributed by atoms with Gasteiger partial charge in [0, 0.05) is 25.2 Å². The first kappa shape index (κ1) is 17.5. The summed E-state index contributed by atoms with van der Waals surface area (Å²) < 4.78 is 0. The lowest BCUT2D eigenvalue weighted by Crippen LogP contribution is -2.42. The highest BCUT2D eigenvalue weighted by Crippen LogP contribution is 2.21. The van der Waals surface area contributed by atoms with Crippen LogP contribution in [0.4, 0.5) is 5.69 Å². The summed E-state index contributed by atoms with van der Waals surface area (Å²) in [5.41, 5.74) is 0.966. The summed E-state index contributed by atoms with van der Waals surface area (Å²) in [7, 11) is 0. The lowest BCUT2D eigenvalue weighted by molar-refractivity contribution is -0.121. The van der Waals surface area contributed by atoms with Gasteiger partial charge in [0.05, 0.1) is 12.0 Å². The molecule has 1 saturated heterocycles. The molecule has 1 aromatic rings. The zero-order valence-corrected chi connectivity index (χ0v) is 14.0. The molecule has 0 bridgehead atoms. The van der Waals surface area contributed by atoms with Crippen LogP contribution in [0.25, 0.3) is 0 Å². The standard InChI is InChI=1S/C18H26N2O3/c1-3-18(23,4-2)13-19-16(21)12-14-7-9-15(10-8-14)20-11-5-6-17(20)22/h7-10,23H,3-6,11-13H2,1-2H3,(H,19,21). The van der Waals surface area contributed by atoms with Gasteiger partial charge in [-0.3, -0.25) is 9.59 Å². The van der Waals surface area contributed by atoms with Gasteiger partial charge in [-0.1, -0.05) is 26.0 Å². The van der Waals surface area contributed by atoms with Crippen molar-refractivity contribution in [3.05, 3.63) is 29.8 Å². The molecule has 1 heterocycles. The van der Waals surface area contributed by atoms with Crippen LogP contribution in [0.3, 0.4) is 0 Å². The fourth-order valence-electron chi connectivity index (χ4n) is 2.73. The normalized spacial score (nSPS) is 15.1. The third-order valence-electron chi connectivity index (χ3n) is 4.62. The molecule has 0 radical (unpaired) electrons.